The number of rotatable bonds is 4. The van der Waals surface area contributed by atoms with Crippen molar-refractivity contribution in [3.05, 3.63) is 77.4 Å². The first-order chi connectivity index (χ1) is 12.2. The van der Waals surface area contributed by atoms with Crippen molar-refractivity contribution < 1.29 is 5.11 Å². The van der Waals surface area contributed by atoms with E-state index in [1.165, 1.54) is 0 Å². The molecule has 2 aromatic carbocycles. The van der Waals surface area contributed by atoms with Gasteiger partial charge in [-0.05, 0) is 41.3 Å². The largest absolute Gasteiger partial charge is 0.508 e. The normalized spacial score (nSPS) is 12.3. The monoisotopic (exact) mass is 331 g/mol. The Labute approximate surface area is 144 Å². The molecule has 1 atom stereocenters. The van der Waals surface area contributed by atoms with Crippen LogP contribution in [0.3, 0.4) is 0 Å². The van der Waals surface area contributed by atoms with E-state index in [9.17, 15) is 5.11 Å². The smallest absolute Gasteiger partial charge is 0.178 e. The van der Waals surface area contributed by atoms with Gasteiger partial charge in [0.1, 0.15) is 17.1 Å². The fraction of sp³-hybridized carbons (Fsp3) is 0.105. The van der Waals surface area contributed by atoms with E-state index in [0.29, 0.717) is 23.4 Å². The standard InChI is InChI=1S/C19H17N5O/c20-17-11-16(18-19(21-17)23-24-22-18)15(13-6-2-1-3-7-13)10-12-5-4-8-14(25)9-12/h1-9,11,15,25H,10H2,(H3,20,21,22,23,24). The lowest BCUT2D eigenvalue weighted by molar-refractivity contribution is 0.474. The summed E-state index contributed by atoms with van der Waals surface area (Å²) in [5, 5.41) is 20.6. The summed E-state index contributed by atoms with van der Waals surface area (Å²) in [6.07, 6.45) is 0.698. The molecule has 25 heavy (non-hydrogen) atoms. The van der Waals surface area contributed by atoms with Crippen LogP contribution in [0.25, 0.3) is 11.2 Å². The average molecular weight is 331 g/mol. The Morgan fingerprint density at radius 3 is 2.68 bits per heavy atom. The quantitative estimate of drug-likeness (QED) is 0.533. The second-order valence-electron chi connectivity index (χ2n) is 5.98. The van der Waals surface area contributed by atoms with Crippen molar-refractivity contribution in [3.8, 4) is 5.75 Å². The molecule has 4 rings (SSSR count). The minimum atomic E-state index is 0.0147. The summed E-state index contributed by atoms with van der Waals surface area (Å²) in [6.45, 7) is 0. The third kappa shape index (κ3) is 3.01. The van der Waals surface area contributed by atoms with Gasteiger partial charge >= 0.3 is 0 Å². The van der Waals surface area contributed by atoms with Gasteiger partial charge in [-0.3, -0.25) is 0 Å². The third-order valence-corrected chi connectivity index (χ3v) is 4.28. The number of nitrogens with one attached hydrogen (secondary N) is 1. The molecule has 0 saturated heterocycles. The number of anilines is 1. The van der Waals surface area contributed by atoms with Gasteiger partial charge in [-0.1, -0.05) is 47.7 Å². The fourth-order valence-corrected chi connectivity index (χ4v) is 3.16. The molecule has 4 N–H and O–H groups in total. The Morgan fingerprint density at radius 1 is 1.04 bits per heavy atom. The Morgan fingerprint density at radius 2 is 1.88 bits per heavy atom. The molecule has 6 nitrogen and oxygen atoms in total. The molecule has 6 heteroatoms. The van der Waals surface area contributed by atoms with Crippen LogP contribution in [-0.4, -0.2) is 25.5 Å². The number of aromatic amines is 1. The van der Waals surface area contributed by atoms with Crippen LogP contribution in [0.1, 0.15) is 22.6 Å². The molecule has 0 amide bonds. The predicted molar refractivity (Wildman–Crippen MR) is 96.2 cm³/mol. The predicted octanol–water partition coefficient (Wildman–Crippen LogP) is 3.02. The van der Waals surface area contributed by atoms with Gasteiger partial charge in [0.25, 0.3) is 0 Å². The number of nitrogens with zero attached hydrogens (tertiary/aromatic N) is 3. The maximum Gasteiger partial charge on any atom is 0.178 e. The van der Waals surface area contributed by atoms with Gasteiger partial charge in [-0.25, -0.2) is 10.1 Å². The molecule has 0 spiro atoms. The average Bonchev–Trinajstić information content (AvgIpc) is 3.08. The zero-order valence-corrected chi connectivity index (χ0v) is 13.4. The fourth-order valence-electron chi connectivity index (χ4n) is 3.16. The summed E-state index contributed by atoms with van der Waals surface area (Å²) in [7, 11) is 0. The first-order valence-corrected chi connectivity index (χ1v) is 8.01. The number of benzene rings is 2. The van der Waals surface area contributed by atoms with E-state index in [1.807, 2.05) is 36.4 Å². The second kappa shape index (κ2) is 6.24. The highest BCUT2D eigenvalue weighted by molar-refractivity contribution is 5.77. The molecule has 0 aliphatic heterocycles. The Kier molecular flexibility index (Phi) is 3.78. The van der Waals surface area contributed by atoms with Gasteiger partial charge in [0.15, 0.2) is 5.65 Å². The summed E-state index contributed by atoms with van der Waals surface area (Å²) in [5.74, 6) is 0.691. The Bertz CT molecular complexity index is 1010. The van der Waals surface area contributed by atoms with Gasteiger partial charge in [0.05, 0.1) is 0 Å². The second-order valence-corrected chi connectivity index (χ2v) is 5.98. The zero-order valence-electron chi connectivity index (χ0n) is 13.4. The minimum absolute atomic E-state index is 0.0147. The molecule has 2 heterocycles. The summed E-state index contributed by atoms with van der Waals surface area (Å²) in [6, 6.07) is 19.3. The van der Waals surface area contributed by atoms with Crippen molar-refractivity contribution in [2.75, 3.05) is 5.73 Å². The first-order valence-electron chi connectivity index (χ1n) is 8.01. The molecule has 0 aliphatic carbocycles. The Hall–Kier alpha value is -3.41. The van der Waals surface area contributed by atoms with Crippen molar-refractivity contribution in [2.24, 2.45) is 0 Å². The van der Waals surface area contributed by atoms with Gasteiger partial charge in [-0.2, -0.15) is 0 Å². The summed E-state index contributed by atoms with van der Waals surface area (Å²) >= 11 is 0. The highest BCUT2D eigenvalue weighted by Crippen LogP contribution is 2.33. The van der Waals surface area contributed by atoms with Gasteiger partial charge in [-0.15, -0.1) is 5.10 Å². The van der Waals surface area contributed by atoms with E-state index >= 15 is 0 Å². The summed E-state index contributed by atoms with van der Waals surface area (Å²) < 4.78 is 0. The van der Waals surface area contributed by atoms with Crippen LogP contribution >= 0.6 is 0 Å². The summed E-state index contributed by atoms with van der Waals surface area (Å²) in [5.41, 5.74) is 10.4. The zero-order chi connectivity index (χ0) is 17.2. The maximum atomic E-state index is 9.79. The van der Waals surface area contributed by atoms with E-state index in [0.717, 1.165) is 16.7 Å². The van der Waals surface area contributed by atoms with E-state index in [4.69, 9.17) is 5.73 Å². The third-order valence-electron chi connectivity index (χ3n) is 4.28. The minimum Gasteiger partial charge on any atom is -0.508 e. The number of aromatic nitrogens is 4. The van der Waals surface area contributed by atoms with Crippen LogP contribution in [0.15, 0.2) is 60.7 Å². The molecule has 2 aromatic heterocycles. The number of phenolic OH excluding ortho intramolecular Hbond substituents is 1. The molecule has 0 saturated carbocycles. The lowest BCUT2D eigenvalue weighted by Crippen LogP contribution is -2.07. The molecular formula is C19H17N5O. The molecular weight excluding hydrogens is 314 g/mol. The van der Waals surface area contributed by atoms with Crippen molar-refractivity contribution >= 4 is 17.0 Å². The van der Waals surface area contributed by atoms with Crippen LogP contribution in [0.5, 0.6) is 5.75 Å². The van der Waals surface area contributed by atoms with Gasteiger partial charge in [0, 0.05) is 5.92 Å². The number of aromatic hydroxyl groups is 1. The van der Waals surface area contributed by atoms with Crippen molar-refractivity contribution in [1.82, 2.24) is 20.4 Å². The topological polar surface area (TPSA) is 101 Å². The van der Waals surface area contributed by atoms with Crippen LogP contribution < -0.4 is 5.73 Å². The number of nitrogen functional groups attached to an aromatic ring is 1. The van der Waals surface area contributed by atoms with Gasteiger partial charge in [0.2, 0.25) is 0 Å². The first kappa shape index (κ1) is 15.1. The molecule has 4 aromatic rings. The van der Waals surface area contributed by atoms with Crippen molar-refractivity contribution in [2.45, 2.75) is 12.3 Å². The molecule has 124 valence electrons. The molecule has 0 fully saturated rings. The van der Waals surface area contributed by atoms with Crippen LogP contribution in [0.2, 0.25) is 0 Å². The molecule has 0 aliphatic rings. The highest BCUT2D eigenvalue weighted by atomic mass is 16.3. The lowest BCUT2D eigenvalue weighted by atomic mass is 9.85. The van der Waals surface area contributed by atoms with Crippen LogP contribution in [0.4, 0.5) is 5.82 Å². The number of hydrogen-bond acceptors (Lipinski definition) is 5. The lowest BCUT2D eigenvalue weighted by Gasteiger charge is -2.19. The van der Waals surface area contributed by atoms with E-state index in [1.54, 1.807) is 12.1 Å². The van der Waals surface area contributed by atoms with Crippen molar-refractivity contribution in [3.63, 3.8) is 0 Å². The SMILES string of the molecule is Nc1cc(C(Cc2cccc(O)c2)c2ccccc2)c2nn[nH]c2n1. The summed E-state index contributed by atoms with van der Waals surface area (Å²) in [4.78, 5) is 4.25. The number of phenols is 1. The highest BCUT2D eigenvalue weighted by Gasteiger charge is 2.20. The van der Waals surface area contributed by atoms with Crippen LogP contribution in [-0.2, 0) is 6.42 Å². The number of pyridine rings is 1. The molecule has 0 bridgehead atoms. The molecule has 0 radical (unpaired) electrons. The van der Waals surface area contributed by atoms with E-state index in [2.05, 4.69) is 32.5 Å². The van der Waals surface area contributed by atoms with Crippen molar-refractivity contribution in [1.29, 1.82) is 0 Å². The maximum absolute atomic E-state index is 9.79. The number of nitrogens with two attached hydrogens (primary N) is 1. The number of hydrogen-bond donors (Lipinski definition) is 3. The van der Waals surface area contributed by atoms with E-state index in [-0.39, 0.29) is 11.7 Å². The van der Waals surface area contributed by atoms with Crippen LogP contribution in [0, 0.1) is 0 Å². The Balaban J connectivity index is 1.86. The van der Waals surface area contributed by atoms with E-state index < -0.39 is 0 Å². The van der Waals surface area contributed by atoms with Gasteiger partial charge < -0.3 is 10.8 Å². The molecule has 1 unspecified atom stereocenters. The number of H-pyrrole nitrogens is 1. The number of fused-ring (bicyclic) bond motifs is 1.